The molecule has 0 rings (SSSR count). The van der Waals surface area contributed by atoms with Crippen molar-refractivity contribution in [3.05, 3.63) is 36.5 Å². The van der Waals surface area contributed by atoms with Gasteiger partial charge in [0.2, 0.25) is 5.91 Å². The summed E-state index contributed by atoms with van der Waals surface area (Å²) in [4.78, 5) is 22.5. The van der Waals surface area contributed by atoms with Gasteiger partial charge in [-0.25, -0.2) is 4.57 Å². The standard InChI is InChI=1S/C35H67N2O7P/c1-3-5-7-9-11-13-14-15-16-17-19-20-22-24-26-32(38)30-35(40)37-33(31-44-45(41,42)43-29-28-36)34(39)27-25-23-21-18-12-10-8-6-4-2/h4,6,12,18,25,27,32-34,38-39H,3,5,7-11,13-17,19-24,26,28-31,36H2,1-2H3,(H,37,40)(H,41,42)/b6-4+,18-12+,27-25+. The van der Waals surface area contributed by atoms with Gasteiger partial charge in [0.15, 0.2) is 0 Å². The van der Waals surface area contributed by atoms with E-state index >= 15 is 0 Å². The fourth-order valence-corrected chi connectivity index (χ4v) is 5.68. The molecule has 6 N–H and O–H groups in total. The number of nitrogens with one attached hydrogen (secondary N) is 1. The Morgan fingerprint density at radius 3 is 1.84 bits per heavy atom. The van der Waals surface area contributed by atoms with E-state index in [4.69, 9.17) is 14.8 Å². The van der Waals surface area contributed by atoms with Gasteiger partial charge in [0.1, 0.15) is 0 Å². The number of aliphatic hydroxyl groups is 2. The number of allylic oxidation sites excluding steroid dienone is 5. The quantitative estimate of drug-likeness (QED) is 0.0279. The molecule has 9 nitrogen and oxygen atoms in total. The minimum atomic E-state index is -4.40. The lowest BCUT2D eigenvalue weighted by Crippen LogP contribution is -2.46. The molecule has 1 amide bonds. The van der Waals surface area contributed by atoms with Gasteiger partial charge in [-0.3, -0.25) is 13.8 Å². The summed E-state index contributed by atoms with van der Waals surface area (Å²) in [6, 6.07) is -1.000. The number of rotatable bonds is 32. The monoisotopic (exact) mass is 658 g/mol. The summed E-state index contributed by atoms with van der Waals surface area (Å²) >= 11 is 0. The second kappa shape index (κ2) is 31.3. The van der Waals surface area contributed by atoms with E-state index in [0.717, 1.165) is 38.5 Å². The fourth-order valence-electron chi connectivity index (χ4n) is 4.92. The average molecular weight is 659 g/mol. The Balaban J connectivity index is 4.43. The number of carbonyl (C=O) groups is 1. The van der Waals surface area contributed by atoms with Gasteiger partial charge in [-0.05, 0) is 39.0 Å². The molecule has 0 aliphatic rings. The SMILES string of the molecule is C/C=C/CC/C=C/CC/C=C/C(O)C(COP(=O)(O)OCCN)NC(=O)CC(O)CCCCCCCCCCCCCCCC. The van der Waals surface area contributed by atoms with Crippen molar-refractivity contribution in [1.29, 1.82) is 0 Å². The van der Waals surface area contributed by atoms with Crippen LogP contribution >= 0.6 is 7.82 Å². The van der Waals surface area contributed by atoms with Crippen LogP contribution in [0.1, 0.15) is 142 Å². The van der Waals surface area contributed by atoms with E-state index in [1.165, 1.54) is 76.7 Å². The Hall–Kier alpha value is -1.32. The summed E-state index contributed by atoms with van der Waals surface area (Å²) in [7, 11) is -4.40. The average Bonchev–Trinajstić information content (AvgIpc) is 3.01. The van der Waals surface area contributed by atoms with Crippen LogP contribution in [0.5, 0.6) is 0 Å². The number of aliphatic hydroxyl groups excluding tert-OH is 2. The van der Waals surface area contributed by atoms with Crippen LogP contribution in [-0.2, 0) is 18.4 Å². The highest BCUT2D eigenvalue weighted by Crippen LogP contribution is 2.43. The van der Waals surface area contributed by atoms with Crippen LogP contribution in [0.3, 0.4) is 0 Å². The Kier molecular flexibility index (Phi) is 30.4. The van der Waals surface area contributed by atoms with E-state index in [1.54, 1.807) is 6.08 Å². The first-order valence-corrected chi connectivity index (χ1v) is 19.2. The van der Waals surface area contributed by atoms with Gasteiger partial charge in [-0.1, -0.05) is 133 Å². The molecule has 0 saturated heterocycles. The van der Waals surface area contributed by atoms with Gasteiger partial charge in [-0.15, -0.1) is 0 Å². The Bertz CT molecular complexity index is 822. The fraction of sp³-hybridized carbons (Fsp3) is 0.800. The third-order valence-electron chi connectivity index (χ3n) is 7.60. The molecule has 0 aliphatic heterocycles. The number of phosphoric ester groups is 1. The molecular weight excluding hydrogens is 591 g/mol. The summed E-state index contributed by atoms with van der Waals surface area (Å²) in [5.74, 6) is -0.464. The maximum absolute atomic E-state index is 12.7. The van der Waals surface area contributed by atoms with Crippen molar-refractivity contribution >= 4 is 13.7 Å². The van der Waals surface area contributed by atoms with Crippen LogP contribution in [0.2, 0.25) is 0 Å². The van der Waals surface area contributed by atoms with E-state index in [9.17, 15) is 24.5 Å². The van der Waals surface area contributed by atoms with E-state index in [0.29, 0.717) is 12.8 Å². The molecule has 0 radical (unpaired) electrons. The number of hydrogen-bond donors (Lipinski definition) is 5. The predicted molar refractivity (Wildman–Crippen MR) is 186 cm³/mol. The minimum absolute atomic E-state index is 0.0420. The molecule has 0 aromatic rings. The Labute approximate surface area is 274 Å². The van der Waals surface area contributed by atoms with Crippen LogP contribution in [0.15, 0.2) is 36.5 Å². The molecule has 0 aromatic heterocycles. The summed E-state index contributed by atoms with van der Waals surface area (Å²) in [5, 5.41) is 23.8. The van der Waals surface area contributed by atoms with E-state index < -0.39 is 38.6 Å². The number of hydrogen-bond acceptors (Lipinski definition) is 7. The summed E-state index contributed by atoms with van der Waals surface area (Å²) in [6.45, 7) is 3.68. The minimum Gasteiger partial charge on any atom is -0.393 e. The molecular formula is C35H67N2O7P. The first-order valence-electron chi connectivity index (χ1n) is 17.7. The second-order valence-corrected chi connectivity index (χ2v) is 13.4. The molecule has 264 valence electrons. The summed E-state index contributed by atoms with van der Waals surface area (Å²) < 4.78 is 21.9. The number of carbonyl (C=O) groups excluding carboxylic acids is 1. The molecule has 0 aliphatic carbocycles. The third kappa shape index (κ3) is 29.8. The smallest absolute Gasteiger partial charge is 0.393 e. The first kappa shape index (κ1) is 43.7. The van der Waals surface area contributed by atoms with Gasteiger partial charge < -0.3 is 26.2 Å². The third-order valence-corrected chi connectivity index (χ3v) is 8.58. The van der Waals surface area contributed by atoms with Crippen molar-refractivity contribution in [2.45, 2.75) is 161 Å². The van der Waals surface area contributed by atoms with Gasteiger partial charge in [0.25, 0.3) is 0 Å². The molecule has 4 unspecified atom stereocenters. The van der Waals surface area contributed by atoms with E-state index in [2.05, 4.69) is 30.5 Å². The van der Waals surface area contributed by atoms with Crippen LogP contribution in [-0.4, -0.2) is 59.0 Å². The lowest BCUT2D eigenvalue weighted by atomic mass is 10.0. The molecule has 0 heterocycles. The lowest BCUT2D eigenvalue weighted by molar-refractivity contribution is -0.124. The van der Waals surface area contributed by atoms with Crippen molar-refractivity contribution in [1.82, 2.24) is 5.32 Å². The zero-order valence-corrected chi connectivity index (χ0v) is 29.4. The maximum Gasteiger partial charge on any atom is 0.472 e. The van der Waals surface area contributed by atoms with E-state index in [1.807, 2.05) is 13.0 Å². The van der Waals surface area contributed by atoms with Crippen LogP contribution in [0.4, 0.5) is 0 Å². The normalized spacial score (nSPS) is 15.6. The van der Waals surface area contributed by atoms with Gasteiger partial charge in [0, 0.05) is 6.54 Å². The Morgan fingerprint density at radius 2 is 1.31 bits per heavy atom. The second-order valence-electron chi connectivity index (χ2n) is 11.9. The number of nitrogens with two attached hydrogens (primary N) is 1. The highest BCUT2D eigenvalue weighted by molar-refractivity contribution is 7.47. The van der Waals surface area contributed by atoms with Gasteiger partial charge in [-0.2, -0.15) is 0 Å². The van der Waals surface area contributed by atoms with Crippen LogP contribution in [0, 0.1) is 0 Å². The van der Waals surface area contributed by atoms with Crippen molar-refractivity contribution in [2.24, 2.45) is 5.73 Å². The van der Waals surface area contributed by atoms with Crippen LogP contribution < -0.4 is 11.1 Å². The van der Waals surface area contributed by atoms with E-state index in [-0.39, 0.29) is 19.6 Å². The zero-order chi connectivity index (χ0) is 33.4. The predicted octanol–water partition coefficient (Wildman–Crippen LogP) is 7.80. The maximum atomic E-state index is 12.7. The number of unbranched alkanes of at least 4 members (excludes halogenated alkanes) is 15. The molecule has 45 heavy (non-hydrogen) atoms. The summed E-state index contributed by atoms with van der Waals surface area (Å²) in [5.41, 5.74) is 5.32. The molecule has 0 fully saturated rings. The van der Waals surface area contributed by atoms with Crippen molar-refractivity contribution < 1.29 is 33.5 Å². The van der Waals surface area contributed by atoms with Crippen molar-refractivity contribution in [3.8, 4) is 0 Å². The molecule has 0 aromatic carbocycles. The van der Waals surface area contributed by atoms with Crippen molar-refractivity contribution in [2.75, 3.05) is 19.8 Å². The number of phosphoric acid groups is 1. The Morgan fingerprint density at radius 1 is 0.800 bits per heavy atom. The first-order chi connectivity index (χ1) is 21.8. The zero-order valence-electron chi connectivity index (χ0n) is 28.5. The lowest BCUT2D eigenvalue weighted by Gasteiger charge is -2.24. The molecule has 4 atom stereocenters. The van der Waals surface area contributed by atoms with Gasteiger partial charge >= 0.3 is 7.82 Å². The summed E-state index contributed by atoms with van der Waals surface area (Å²) in [6.07, 6.45) is 31.2. The highest BCUT2D eigenvalue weighted by Gasteiger charge is 2.27. The largest absolute Gasteiger partial charge is 0.472 e. The van der Waals surface area contributed by atoms with Gasteiger partial charge in [0.05, 0.1) is 37.9 Å². The molecule has 0 spiro atoms. The van der Waals surface area contributed by atoms with Crippen LogP contribution in [0.25, 0.3) is 0 Å². The molecule has 10 heteroatoms. The topological polar surface area (TPSA) is 151 Å². The highest BCUT2D eigenvalue weighted by atomic mass is 31.2. The van der Waals surface area contributed by atoms with Crippen molar-refractivity contribution in [3.63, 3.8) is 0 Å². The molecule has 0 bridgehead atoms. The molecule has 0 saturated carbocycles. The number of amides is 1.